The second-order valence-corrected chi connectivity index (χ2v) is 3.88. The Labute approximate surface area is 91.1 Å². The molecule has 0 heterocycles. The fraction of sp³-hybridized carbons (Fsp3) is 0.286. The van der Waals surface area contributed by atoms with E-state index < -0.39 is 0 Å². The third-order valence-corrected chi connectivity index (χ3v) is 2.47. The highest BCUT2D eigenvalue weighted by atomic mass is 19.1. The molecule has 0 fully saturated rings. The largest absolute Gasteiger partial charge is 0.207 e. The van der Waals surface area contributed by atoms with E-state index in [1.165, 1.54) is 17.7 Å². The summed E-state index contributed by atoms with van der Waals surface area (Å²) in [6.07, 6.45) is 2.07. The van der Waals surface area contributed by atoms with Gasteiger partial charge in [0, 0.05) is 0 Å². The first-order chi connectivity index (χ1) is 7.06. The van der Waals surface area contributed by atoms with E-state index in [9.17, 15) is 4.39 Å². The monoisotopic (exact) mass is 204 g/mol. The summed E-state index contributed by atoms with van der Waals surface area (Å²) in [5, 5.41) is 0. The van der Waals surface area contributed by atoms with Gasteiger partial charge in [-0.1, -0.05) is 38.6 Å². The third-order valence-electron chi connectivity index (χ3n) is 2.47. The topological polar surface area (TPSA) is 0 Å². The van der Waals surface area contributed by atoms with Crippen LogP contribution in [0.3, 0.4) is 0 Å². The molecule has 1 rings (SSSR count). The Bertz CT molecular complexity index is 369. The van der Waals surface area contributed by atoms with Crippen LogP contribution in [0, 0.1) is 11.7 Å². The summed E-state index contributed by atoms with van der Waals surface area (Å²) in [6, 6.07) is 6.47. The Morgan fingerprint density at radius 3 is 2.20 bits per heavy atom. The average molecular weight is 204 g/mol. The maximum atomic E-state index is 12.7. The highest BCUT2D eigenvalue weighted by Gasteiger charge is 2.08. The minimum absolute atomic E-state index is 0.210. The van der Waals surface area contributed by atoms with E-state index in [0.717, 1.165) is 11.1 Å². The van der Waals surface area contributed by atoms with Gasteiger partial charge < -0.3 is 0 Å². The maximum absolute atomic E-state index is 12.7. The van der Waals surface area contributed by atoms with Gasteiger partial charge in [-0.15, -0.1) is 0 Å². The Hall–Kier alpha value is -1.37. The smallest absolute Gasteiger partial charge is 0.123 e. The Morgan fingerprint density at radius 1 is 1.27 bits per heavy atom. The molecule has 0 spiro atoms. The zero-order valence-electron chi connectivity index (χ0n) is 9.55. The summed E-state index contributed by atoms with van der Waals surface area (Å²) >= 11 is 0. The molecular formula is C14H17F. The van der Waals surface area contributed by atoms with E-state index in [-0.39, 0.29) is 5.82 Å². The van der Waals surface area contributed by atoms with Crippen LogP contribution in [0.2, 0.25) is 0 Å². The van der Waals surface area contributed by atoms with Gasteiger partial charge in [0.15, 0.2) is 0 Å². The zero-order valence-corrected chi connectivity index (χ0v) is 9.55. The molecule has 0 N–H and O–H groups in total. The Balaban J connectivity index is 2.99. The van der Waals surface area contributed by atoms with Crippen molar-refractivity contribution in [1.82, 2.24) is 0 Å². The van der Waals surface area contributed by atoms with Crippen molar-refractivity contribution in [2.75, 3.05) is 0 Å². The minimum atomic E-state index is -0.210. The van der Waals surface area contributed by atoms with Crippen molar-refractivity contribution >= 4 is 5.57 Å². The number of halogens is 1. The predicted octanol–water partition coefficient (Wildman–Crippen LogP) is 4.44. The maximum Gasteiger partial charge on any atom is 0.123 e. The van der Waals surface area contributed by atoms with Crippen molar-refractivity contribution in [1.29, 1.82) is 0 Å². The van der Waals surface area contributed by atoms with Crippen molar-refractivity contribution in [2.24, 2.45) is 5.92 Å². The number of hydrogen-bond acceptors (Lipinski definition) is 0. The second-order valence-electron chi connectivity index (χ2n) is 3.88. The van der Waals surface area contributed by atoms with Gasteiger partial charge >= 0.3 is 0 Å². The molecule has 0 bridgehead atoms. The first-order valence-corrected chi connectivity index (χ1v) is 5.17. The van der Waals surface area contributed by atoms with Gasteiger partial charge in [0.05, 0.1) is 0 Å². The average Bonchev–Trinajstić information content (AvgIpc) is 2.19. The molecule has 0 aliphatic rings. The van der Waals surface area contributed by atoms with E-state index >= 15 is 0 Å². The van der Waals surface area contributed by atoms with Gasteiger partial charge in [-0.25, -0.2) is 4.39 Å². The fourth-order valence-corrected chi connectivity index (χ4v) is 1.67. The van der Waals surface area contributed by atoms with Gasteiger partial charge in [0.25, 0.3) is 0 Å². The fourth-order valence-electron chi connectivity index (χ4n) is 1.67. The molecule has 0 amide bonds. The molecule has 1 aromatic rings. The van der Waals surface area contributed by atoms with Gasteiger partial charge in [-0.05, 0) is 41.7 Å². The van der Waals surface area contributed by atoms with Crippen LogP contribution in [0.1, 0.15) is 26.3 Å². The van der Waals surface area contributed by atoms with Crippen molar-refractivity contribution < 1.29 is 4.39 Å². The molecule has 0 radical (unpaired) electrons. The molecule has 0 atom stereocenters. The second kappa shape index (κ2) is 4.92. The van der Waals surface area contributed by atoms with Crippen molar-refractivity contribution in [2.45, 2.75) is 20.8 Å². The summed E-state index contributed by atoms with van der Waals surface area (Å²) in [4.78, 5) is 0. The van der Waals surface area contributed by atoms with Crippen LogP contribution >= 0.6 is 0 Å². The summed E-state index contributed by atoms with van der Waals surface area (Å²) in [7, 11) is 0. The predicted molar refractivity (Wildman–Crippen MR) is 64.0 cm³/mol. The van der Waals surface area contributed by atoms with Crippen molar-refractivity contribution in [3.8, 4) is 0 Å². The molecule has 0 unspecified atom stereocenters. The SMILES string of the molecule is C=C(/C(=C/C)C(C)C)c1ccc(F)cc1. The molecule has 0 saturated carbocycles. The first-order valence-electron chi connectivity index (χ1n) is 5.17. The van der Waals surface area contributed by atoms with Crippen molar-refractivity contribution in [3.05, 3.63) is 53.9 Å². The summed E-state index contributed by atoms with van der Waals surface area (Å²) < 4.78 is 12.7. The van der Waals surface area contributed by atoms with Crippen LogP contribution in [0.4, 0.5) is 4.39 Å². The highest BCUT2D eigenvalue weighted by molar-refractivity contribution is 5.77. The standard InChI is InChI=1S/C14H17F/c1-5-14(10(2)3)11(4)12-6-8-13(15)9-7-12/h5-10H,4H2,1-3H3/b14-5+. The summed E-state index contributed by atoms with van der Waals surface area (Å²) in [5.74, 6) is 0.227. The van der Waals surface area contributed by atoms with Crippen LogP contribution in [-0.2, 0) is 0 Å². The number of benzene rings is 1. The van der Waals surface area contributed by atoms with Crippen LogP contribution in [0.15, 0.2) is 42.5 Å². The van der Waals surface area contributed by atoms with Crippen LogP contribution in [-0.4, -0.2) is 0 Å². The number of hydrogen-bond donors (Lipinski definition) is 0. The first kappa shape index (κ1) is 11.7. The zero-order chi connectivity index (χ0) is 11.4. The summed E-state index contributed by atoms with van der Waals surface area (Å²) in [5.41, 5.74) is 3.17. The normalized spacial score (nSPS) is 11.9. The molecule has 15 heavy (non-hydrogen) atoms. The van der Waals surface area contributed by atoms with Crippen LogP contribution in [0.5, 0.6) is 0 Å². The summed E-state index contributed by atoms with van der Waals surface area (Å²) in [6.45, 7) is 10.3. The molecule has 1 heteroatoms. The Morgan fingerprint density at radius 2 is 1.80 bits per heavy atom. The lowest BCUT2D eigenvalue weighted by Gasteiger charge is -2.14. The molecule has 0 nitrogen and oxygen atoms in total. The molecular weight excluding hydrogens is 187 g/mol. The quantitative estimate of drug-likeness (QED) is 0.638. The van der Waals surface area contributed by atoms with E-state index in [2.05, 4.69) is 26.5 Å². The molecule has 0 aliphatic carbocycles. The Kier molecular flexibility index (Phi) is 3.84. The number of rotatable bonds is 3. The van der Waals surface area contributed by atoms with Crippen LogP contribution < -0.4 is 0 Å². The lowest BCUT2D eigenvalue weighted by Crippen LogP contribution is -1.96. The molecule has 1 aromatic carbocycles. The van der Waals surface area contributed by atoms with Gasteiger partial charge in [-0.3, -0.25) is 0 Å². The van der Waals surface area contributed by atoms with E-state index in [0.29, 0.717) is 5.92 Å². The lowest BCUT2D eigenvalue weighted by atomic mass is 9.91. The molecule has 80 valence electrons. The lowest BCUT2D eigenvalue weighted by molar-refractivity contribution is 0.627. The molecule has 0 saturated heterocycles. The van der Waals surface area contributed by atoms with Crippen molar-refractivity contribution in [3.63, 3.8) is 0 Å². The third kappa shape index (κ3) is 2.79. The molecule has 0 aliphatic heterocycles. The van der Waals surface area contributed by atoms with Gasteiger partial charge in [-0.2, -0.15) is 0 Å². The van der Waals surface area contributed by atoms with E-state index in [1.807, 2.05) is 6.92 Å². The minimum Gasteiger partial charge on any atom is -0.207 e. The van der Waals surface area contributed by atoms with Gasteiger partial charge in [0.2, 0.25) is 0 Å². The van der Waals surface area contributed by atoms with Gasteiger partial charge in [0.1, 0.15) is 5.82 Å². The van der Waals surface area contributed by atoms with Crippen LogP contribution in [0.25, 0.3) is 5.57 Å². The number of allylic oxidation sites excluding steroid dienone is 3. The molecule has 0 aromatic heterocycles. The van der Waals surface area contributed by atoms with E-state index in [1.54, 1.807) is 12.1 Å². The van der Waals surface area contributed by atoms with E-state index in [4.69, 9.17) is 0 Å². The highest BCUT2D eigenvalue weighted by Crippen LogP contribution is 2.26.